The summed E-state index contributed by atoms with van der Waals surface area (Å²) in [7, 11) is 0. The lowest BCUT2D eigenvalue weighted by atomic mass is 10.1. The highest BCUT2D eigenvalue weighted by Crippen LogP contribution is 2.34. The summed E-state index contributed by atoms with van der Waals surface area (Å²) in [5.74, 6) is -0.200. The summed E-state index contributed by atoms with van der Waals surface area (Å²) in [5, 5.41) is 4.39. The van der Waals surface area contributed by atoms with E-state index in [1.807, 2.05) is 25.1 Å². The van der Waals surface area contributed by atoms with Gasteiger partial charge >= 0.3 is 0 Å². The third kappa shape index (κ3) is 2.73. The Bertz CT molecular complexity index is 824. The average molecular weight is 317 g/mol. The van der Waals surface area contributed by atoms with Crippen LogP contribution >= 0.6 is 22.9 Å². The molecular formula is C16H13ClN2OS. The Labute approximate surface area is 131 Å². The maximum absolute atomic E-state index is 12.4. The molecule has 0 spiro atoms. The van der Waals surface area contributed by atoms with E-state index in [2.05, 4.69) is 5.32 Å². The van der Waals surface area contributed by atoms with Crippen LogP contribution in [0.15, 0.2) is 42.5 Å². The Hall–Kier alpha value is -2.04. The van der Waals surface area contributed by atoms with Crippen LogP contribution in [0, 0.1) is 6.92 Å². The fraction of sp³-hybridized carbons (Fsp3) is 0.0625. The molecule has 0 fully saturated rings. The molecule has 0 aliphatic heterocycles. The van der Waals surface area contributed by atoms with Gasteiger partial charge in [-0.25, -0.2) is 0 Å². The number of halogens is 1. The van der Waals surface area contributed by atoms with Crippen molar-refractivity contribution in [2.75, 3.05) is 11.1 Å². The van der Waals surface area contributed by atoms with Crippen molar-refractivity contribution in [3.63, 3.8) is 0 Å². The predicted octanol–water partition coefficient (Wildman–Crippen LogP) is 4.70. The normalized spacial score (nSPS) is 10.8. The van der Waals surface area contributed by atoms with Crippen molar-refractivity contribution in [1.29, 1.82) is 0 Å². The molecule has 0 saturated heterocycles. The van der Waals surface area contributed by atoms with E-state index >= 15 is 0 Å². The van der Waals surface area contributed by atoms with Gasteiger partial charge in [0.15, 0.2) is 0 Å². The zero-order valence-corrected chi connectivity index (χ0v) is 12.9. The van der Waals surface area contributed by atoms with Crippen LogP contribution in [0.1, 0.15) is 15.2 Å². The zero-order valence-electron chi connectivity index (χ0n) is 11.3. The van der Waals surface area contributed by atoms with Crippen LogP contribution in [0.2, 0.25) is 5.02 Å². The van der Waals surface area contributed by atoms with Crippen LogP contribution in [-0.2, 0) is 0 Å². The Morgan fingerprint density at radius 2 is 1.90 bits per heavy atom. The summed E-state index contributed by atoms with van der Waals surface area (Å²) in [6.45, 7) is 2.02. The molecule has 3 aromatic rings. The minimum absolute atomic E-state index is 0.200. The maximum Gasteiger partial charge on any atom is 0.267 e. The minimum atomic E-state index is -0.200. The van der Waals surface area contributed by atoms with Crippen LogP contribution in [-0.4, -0.2) is 5.91 Å². The number of aryl methyl sites for hydroxylation is 1. The first-order chi connectivity index (χ1) is 10.0. The Morgan fingerprint density at radius 3 is 2.62 bits per heavy atom. The van der Waals surface area contributed by atoms with Crippen LogP contribution in [0.25, 0.3) is 10.1 Å². The van der Waals surface area contributed by atoms with E-state index in [4.69, 9.17) is 17.3 Å². The molecule has 21 heavy (non-hydrogen) atoms. The topological polar surface area (TPSA) is 55.1 Å². The molecule has 0 unspecified atom stereocenters. The number of anilines is 2. The van der Waals surface area contributed by atoms with Gasteiger partial charge < -0.3 is 11.1 Å². The molecule has 3 nitrogen and oxygen atoms in total. The molecule has 0 bridgehead atoms. The molecule has 3 N–H and O–H groups in total. The molecule has 1 aromatic heterocycles. The first-order valence-electron chi connectivity index (χ1n) is 6.40. The zero-order chi connectivity index (χ0) is 15.0. The summed E-state index contributed by atoms with van der Waals surface area (Å²) in [6, 6.07) is 13.0. The molecule has 0 atom stereocenters. The molecule has 5 heteroatoms. The number of hydrogen-bond acceptors (Lipinski definition) is 3. The van der Waals surface area contributed by atoms with Crippen molar-refractivity contribution in [1.82, 2.24) is 0 Å². The highest BCUT2D eigenvalue weighted by molar-refractivity contribution is 7.21. The first kappa shape index (κ1) is 13.9. The number of fused-ring (bicyclic) bond motifs is 1. The summed E-state index contributed by atoms with van der Waals surface area (Å²) in [6.07, 6.45) is 0. The van der Waals surface area contributed by atoms with Crippen LogP contribution in [0.4, 0.5) is 11.4 Å². The number of hydrogen-bond donors (Lipinski definition) is 2. The molecule has 2 aromatic carbocycles. The van der Waals surface area contributed by atoms with E-state index in [-0.39, 0.29) is 5.91 Å². The lowest BCUT2D eigenvalue weighted by Crippen LogP contribution is -2.11. The number of rotatable bonds is 2. The fourth-order valence-electron chi connectivity index (χ4n) is 2.11. The van der Waals surface area contributed by atoms with Crippen molar-refractivity contribution in [3.8, 4) is 0 Å². The SMILES string of the molecule is Cc1ccc2c(N)c(C(=O)Nc3ccc(Cl)cc3)sc2c1. The highest BCUT2D eigenvalue weighted by atomic mass is 35.5. The number of nitrogen functional groups attached to an aromatic ring is 1. The van der Waals surface area contributed by atoms with Crippen LogP contribution in [0.3, 0.4) is 0 Å². The van der Waals surface area contributed by atoms with Crippen molar-refractivity contribution in [2.45, 2.75) is 6.92 Å². The largest absolute Gasteiger partial charge is 0.397 e. The van der Waals surface area contributed by atoms with E-state index < -0.39 is 0 Å². The van der Waals surface area contributed by atoms with Crippen molar-refractivity contribution in [3.05, 3.63) is 57.9 Å². The molecule has 0 saturated carbocycles. The van der Waals surface area contributed by atoms with Gasteiger partial charge in [0.05, 0.1) is 5.69 Å². The summed E-state index contributed by atoms with van der Waals surface area (Å²) in [5.41, 5.74) is 8.46. The lowest BCUT2D eigenvalue weighted by molar-refractivity contribution is 0.103. The quantitative estimate of drug-likeness (QED) is 0.720. The third-order valence-corrected chi connectivity index (χ3v) is 4.61. The molecule has 106 valence electrons. The van der Waals surface area contributed by atoms with Crippen molar-refractivity contribution in [2.24, 2.45) is 0 Å². The number of carbonyl (C=O) groups excluding carboxylic acids is 1. The minimum Gasteiger partial charge on any atom is -0.397 e. The molecule has 0 radical (unpaired) electrons. The van der Waals surface area contributed by atoms with Gasteiger partial charge in [-0.15, -0.1) is 11.3 Å². The lowest BCUT2D eigenvalue weighted by Gasteiger charge is -2.04. The predicted molar refractivity (Wildman–Crippen MR) is 90.4 cm³/mol. The second-order valence-corrected chi connectivity index (χ2v) is 6.29. The van der Waals surface area contributed by atoms with E-state index in [9.17, 15) is 4.79 Å². The van der Waals surface area contributed by atoms with Gasteiger partial charge in [-0.2, -0.15) is 0 Å². The van der Waals surface area contributed by atoms with Gasteiger partial charge in [0.1, 0.15) is 4.88 Å². The number of nitrogens with one attached hydrogen (secondary N) is 1. The second-order valence-electron chi connectivity index (χ2n) is 4.81. The number of benzene rings is 2. The van der Waals surface area contributed by atoms with Crippen LogP contribution in [0.5, 0.6) is 0 Å². The summed E-state index contributed by atoms with van der Waals surface area (Å²) >= 11 is 7.23. The number of thiophene rings is 1. The fourth-order valence-corrected chi connectivity index (χ4v) is 3.36. The van der Waals surface area contributed by atoms with E-state index in [0.717, 1.165) is 15.6 Å². The number of amides is 1. The Morgan fingerprint density at radius 1 is 1.19 bits per heavy atom. The van der Waals surface area contributed by atoms with E-state index in [0.29, 0.717) is 21.3 Å². The Balaban J connectivity index is 1.94. The smallest absolute Gasteiger partial charge is 0.267 e. The van der Waals surface area contributed by atoms with Crippen molar-refractivity contribution < 1.29 is 4.79 Å². The van der Waals surface area contributed by atoms with E-state index in [1.54, 1.807) is 24.3 Å². The molecule has 3 rings (SSSR count). The van der Waals surface area contributed by atoms with Crippen LogP contribution < -0.4 is 11.1 Å². The standard InChI is InChI=1S/C16H13ClN2OS/c1-9-2-7-12-13(8-9)21-15(14(12)18)16(20)19-11-5-3-10(17)4-6-11/h2-8H,18H2,1H3,(H,19,20). The molecule has 0 aliphatic carbocycles. The van der Waals surface area contributed by atoms with Gasteiger partial charge in [0.25, 0.3) is 5.91 Å². The summed E-state index contributed by atoms with van der Waals surface area (Å²) in [4.78, 5) is 12.9. The number of carbonyl (C=O) groups is 1. The monoisotopic (exact) mass is 316 g/mol. The molecular weight excluding hydrogens is 304 g/mol. The van der Waals surface area contributed by atoms with Crippen molar-refractivity contribution >= 4 is 50.3 Å². The highest BCUT2D eigenvalue weighted by Gasteiger charge is 2.16. The number of nitrogens with two attached hydrogens (primary N) is 1. The maximum atomic E-state index is 12.4. The van der Waals surface area contributed by atoms with Gasteiger partial charge in [0.2, 0.25) is 0 Å². The first-order valence-corrected chi connectivity index (χ1v) is 7.59. The van der Waals surface area contributed by atoms with Gasteiger partial charge in [-0.1, -0.05) is 23.7 Å². The van der Waals surface area contributed by atoms with E-state index in [1.165, 1.54) is 11.3 Å². The molecule has 1 heterocycles. The molecule has 0 aliphatic rings. The van der Waals surface area contributed by atoms with Gasteiger partial charge in [0, 0.05) is 20.8 Å². The third-order valence-electron chi connectivity index (χ3n) is 3.19. The Kier molecular flexibility index (Phi) is 3.57. The second kappa shape index (κ2) is 5.39. The molecule has 1 amide bonds. The van der Waals surface area contributed by atoms with Gasteiger partial charge in [-0.05, 0) is 42.8 Å². The average Bonchev–Trinajstić information content (AvgIpc) is 2.78. The van der Waals surface area contributed by atoms with Gasteiger partial charge in [-0.3, -0.25) is 4.79 Å². The summed E-state index contributed by atoms with van der Waals surface area (Å²) < 4.78 is 1.02.